The molecular formula is C18H25NO2. The van der Waals surface area contributed by atoms with Crippen LogP contribution < -0.4 is 9.47 Å². The Kier molecular flexibility index (Phi) is 3.70. The van der Waals surface area contributed by atoms with Crippen molar-refractivity contribution in [2.24, 2.45) is 0 Å². The minimum Gasteiger partial charge on any atom is -0.493 e. The van der Waals surface area contributed by atoms with Crippen LogP contribution in [0.3, 0.4) is 0 Å². The predicted molar refractivity (Wildman–Crippen MR) is 85.3 cm³/mol. The molecule has 3 heteroatoms. The third-order valence-corrected chi connectivity index (χ3v) is 5.45. The molecule has 0 unspecified atom stereocenters. The van der Waals surface area contributed by atoms with E-state index in [-0.39, 0.29) is 5.41 Å². The van der Waals surface area contributed by atoms with Crippen molar-refractivity contribution in [2.45, 2.75) is 37.1 Å². The summed E-state index contributed by atoms with van der Waals surface area (Å²) in [6, 6.07) is 7.01. The van der Waals surface area contributed by atoms with Crippen LogP contribution in [0.5, 0.6) is 11.5 Å². The van der Waals surface area contributed by atoms with Crippen molar-refractivity contribution in [3.8, 4) is 11.5 Å². The van der Waals surface area contributed by atoms with E-state index in [9.17, 15) is 0 Å². The fourth-order valence-corrected chi connectivity index (χ4v) is 4.17. The highest BCUT2D eigenvalue weighted by molar-refractivity contribution is 5.47. The van der Waals surface area contributed by atoms with E-state index in [1.165, 1.54) is 24.0 Å². The van der Waals surface area contributed by atoms with Gasteiger partial charge >= 0.3 is 0 Å². The standard InChI is InChI=1S/C18H25NO2/c1-13-7-8-18(9-10-19(2)17(18)11-13)14-5-6-15(20-3)16(12-14)21-4/h5-6,12,17H,1,7-11H2,2-4H3/t17-,18-/m1/s1. The molecule has 0 amide bonds. The van der Waals surface area contributed by atoms with Gasteiger partial charge in [-0.15, -0.1) is 0 Å². The Labute approximate surface area is 127 Å². The van der Waals surface area contributed by atoms with Gasteiger partial charge in [0, 0.05) is 11.5 Å². The van der Waals surface area contributed by atoms with E-state index in [1.807, 2.05) is 6.07 Å². The number of benzene rings is 1. The van der Waals surface area contributed by atoms with Crippen LogP contribution in [-0.4, -0.2) is 38.8 Å². The van der Waals surface area contributed by atoms with Gasteiger partial charge in [0.05, 0.1) is 14.2 Å². The Morgan fingerprint density at radius 3 is 2.67 bits per heavy atom. The predicted octanol–water partition coefficient (Wildman–Crippen LogP) is 3.39. The van der Waals surface area contributed by atoms with Crippen molar-refractivity contribution in [1.82, 2.24) is 4.90 Å². The van der Waals surface area contributed by atoms with Gasteiger partial charge in [-0.2, -0.15) is 0 Å². The average Bonchev–Trinajstić information content (AvgIpc) is 2.85. The van der Waals surface area contributed by atoms with E-state index in [1.54, 1.807) is 14.2 Å². The zero-order chi connectivity index (χ0) is 15.0. The molecule has 114 valence electrons. The van der Waals surface area contributed by atoms with Crippen LogP contribution in [0.1, 0.15) is 31.2 Å². The average molecular weight is 287 g/mol. The van der Waals surface area contributed by atoms with Crippen LogP contribution in [0.4, 0.5) is 0 Å². The third-order valence-electron chi connectivity index (χ3n) is 5.45. The van der Waals surface area contributed by atoms with Crippen LogP contribution in [0.2, 0.25) is 0 Å². The van der Waals surface area contributed by atoms with Gasteiger partial charge in [0.2, 0.25) is 0 Å². The molecule has 2 fully saturated rings. The van der Waals surface area contributed by atoms with Crippen molar-refractivity contribution in [2.75, 3.05) is 27.8 Å². The van der Waals surface area contributed by atoms with Gasteiger partial charge in [-0.05, 0) is 57.0 Å². The molecule has 0 N–H and O–H groups in total. The Bertz CT molecular complexity index is 554. The minimum atomic E-state index is 0.246. The number of hydrogen-bond donors (Lipinski definition) is 0. The molecule has 2 aliphatic rings. The van der Waals surface area contributed by atoms with E-state index in [0.717, 1.165) is 30.9 Å². The monoisotopic (exact) mass is 287 g/mol. The summed E-state index contributed by atoms with van der Waals surface area (Å²) in [7, 11) is 5.64. The second-order valence-corrected chi connectivity index (χ2v) is 6.43. The van der Waals surface area contributed by atoms with E-state index >= 15 is 0 Å². The third kappa shape index (κ3) is 2.24. The first-order valence-corrected chi connectivity index (χ1v) is 7.70. The van der Waals surface area contributed by atoms with E-state index in [2.05, 4.69) is 30.7 Å². The summed E-state index contributed by atoms with van der Waals surface area (Å²) < 4.78 is 10.9. The SMILES string of the molecule is C=C1CC[C@]2(c3ccc(OC)c(OC)c3)CCN(C)[C@@H]2C1. The lowest BCUT2D eigenvalue weighted by molar-refractivity contribution is 0.209. The highest BCUT2D eigenvalue weighted by Gasteiger charge is 2.49. The number of hydrogen-bond acceptors (Lipinski definition) is 3. The van der Waals surface area contributed by atoms with Gasteiger partial charge < -0.3 is 14.4 Å². The summed E-state index contributed by atoms with van der Waals surface area (Å²) in [6.45, 7) is 5.38. The molecule has 21 heavy (non-hydrogen) atoms. The summed E-state index contributed by atoms with van der Waals surface area (Å²) in [6.07, 6.45) is 4.66. The molecule has 1 aromatic carbocycles. The summed E-state index contributed by atoms with van der Waals surface area (Å²) in [5.74, 6) is 1.64. The summed E-state index contributed by atoms with van der Waals surface area (Å²) in [5, 5.41) is 0. The Balaban J connectivity index is 2.03. The maximum Gasteiger partial charge on any atom is 0.161 e. The van der Waals surface area contributed by atoms with Crippen LogP contribution in [0, 0.1) is 0 Å². The molecule has 1 heterocycles. The van der Waals surface area contributed by atoms with Gasteiger partial charge in [-0.3, -0.25) is 0 Å². The second-order valence-electron chi connectivity index (χ2n) is 6.43. The number of methoxy groups -OCH3 is 2. The van der Waals surface area contributed by atoms with Gasteiger partial charge in [-0.25, -0.2) is 0 Å². The molecule has 1 saturated heterocycles. The van der Waals surface area contributed by atoms with Crippen molar-refractivity contribution in [3.63, 3.8) is 0 Å². The second kappa shape index (κ2) is 5.38. The molecule has 1 aliphatic heterocycles. The summed E-state index contributed by atoms with van der Waals surface area (Å²) in [5.41, 5.74) is 3.03. The molecule has 2 atom stereocenters. The molecule has 1 aromatic rings. The molecule has 1 aliphatic carbocycles. The lowest BCUT2D eigenvalue weighted by atomic mass is 9.65. The fourth-order valence-electron chi connectivity index (χ4n) is 4.17. The number of likely N-dealkylation sites (tertiary alicyclic amines) is 1. The number of ether oxygens (including phenoxy) is 2. The Morgan fingerprint density at radius 1 is 1.19 bits per heavy atom. The van der Waals surface area contributed by atoms with Crippen molar-refractivity contribution < 1.29 is 9.47 Å². The van der Waals surface area contributed by atoms with Crippen LogP contribution in [0.25, 0.3) is 0 Å². The van der Waals surface area contributed by atoms with E-state index < -0.39 is 0 Å². The van der Waals surface area contributed by atoms with Crippen LogP contribution >= 0.6 is 0 Å². The maximum absolute atomic E-state index is 5.50. The quantitative estimate of drug-likeness (QED) is 0.795. The fraction of sp³-hybridized carbons (Fsp3) is 0.556. The van der Waals surface area contributed by atoms with Gasteiger partial charge in [0.25, 0.3) is 0 Å². The first-order valence-electron chi connectivity index (χ1n) is 7.70. The number of nitrogens with zero attached hydrogens (tertiary/aromatic N) is 1. The van der Waals surface area contributed by atoms with Gasteiger partial charge in [-0.1, -0.05) is 18.2 Å². The largest absolute Gasteiger partial charge is 0.493 e. The zero-order valence-electron chi connectivity index (χ0n) is 13.3. The molecular weight excluding hydrogens is 262 g/mol. The van der Waals surface area contributed by atoms with Crippen molar-refractivity contribution >= 4 is 0 Å². The molecule has 1 saturated carbocycles. The van der Waals surface area contributed by atoms with E-state index in [4.69, 9.17) is 9.47 Å². The highest BCUT2D eigenvalue weighted by Crippen LogP contribution is 2.50. The van der Waals surface area contributed by atoms with Gasteiger partial charge in [0.1, 0.15) is 0 Å². The summed E-state index contributed by atoms with van der Waals surface area (Å²) >= 11 is 0. The van der Waals surface area contributed by atoms with Crippen molar-refractivity contribution in [3.05, 3.63) is 35.9 Å². The molecule has 0 spiro atoms. The molecule has 0 radical (unpaired) electrons. The number of fused-ring (bicyclic) bond motifs is 1. The summed E-state index contributed by atoms with van der Waals surface area (Å²) in [4.78, 5) is 2.50. The molecule has 3 nitrogen and oxygen atoms in total. The minimum absolute atomic E-state index is 0.246. The zero-order valence-corrected chi connectivity index (χ0v) is 13.3. The van der Waals surface area contributed by atoms with E-state index in [0.29, 0.717) is 6.04 Å². The van der Waals surface area contributed by atoms with Crippen LogP contribution in [0.15, 0.2) is 30.4 Å². The normalized spacial score (nSPS) is 29.3. The number of rotatable bonds is 3. The van der Waals surface area contributed by atoms with Crippen LogP contribution in [-0.2, 0) is 5.41 Å². The van der Waals surface area contributed by atoms with Crippen molar-refractivity contribution in [1.29, 1.82) is 0 Å². The topological polar surface area (TPSA) is 21.7 Å². The lowest BCUT2D eigenvalue weighted by Crippen LogP contribution is -2.44. The number of likely N-dealkylation sites (N-methyl/N-ethyl adjacent to an activating group) is 1. The van der Waals surface area contributed by atoms with Gasteiger partial charge in [0.15, 0.2) is 11.5 Å². The molecule has 0 bridgehead atoms. The Morgan fingerprint density at radius 2 is 1.95 bits per heavy atom. The molecule has 3 rings (SSSR count). The lowest BCUT2D eigenvalue weighted by Gasteiger charge is -2.42. The molecule has 0 aromatic heterocycles. The first-order chi connectivity index (χ1) is 10.1. The maximum atomic E-state index is 5.50. The smallest absolute Gasteiger partial charge is 0.161 e. The first kappa shape index (κ1) is 14.5. The highest BCUT2D eigenvalue weighted by atomic mass is 16.5. The Hall–Kier alpha value is -1.48.